The number of carbonyl (C=O) groups is 2. The van der Waals surface area contributed by atoms with Crippen LogP contribution in [0.5, 0.6) is 0 Å². The Morgan fingerprint density at radius 2 is 2.28 bits per heavy atom. The van der Waals surface area contributed by atoms with E-state index >= 15 is 0 Å². The maximum atomic E-state index is 11.9. The molecule has 0 aliphatic heterocycles. The number of rotatable bonds is 6. The average Bonchev–Trinajstić information content (AvgIpc) is 2.78. The van der Waals surface area contributed by atoms with Gasteiger partial charge in [-0.2, -0.15) is 0 Å². The van der Waals surface area contributed by atoms with Gasteiger partial charge in [-0.3, -0.25) is 4.79 Å². The van der Waals surface area contributed by atoms with E-state index in [1.165, 1.54) is 11.2 Å². The SMILES string of the molecule is CC(C)N(CCC(=O)O)C(=O)NCc1cnc[nH]1. The molecular weight excluding hydrogens is 236 g/mol. The minimum Gasteiger partial charge on any atom is -0.481 e. The van der Waals surface area contributed by atoms with Crippen molar-refractivity contribution in [3.8, 4) is 0 Å². The quantitative estimate of drug-likeness (QED) is 0.699. The second kappa shape index (κ2) is 6.63. The largest absolute Gasteiger partial charge is 0.481 e. The van der Waals surface area contributed by atoms with E-state index in [1.54, 1.807) is 6.20 Å². The lowest BCUT2D eigenvalue weighted by atomic mass is 10.3. The molecule has 1 aromatic rings. The van der Waals surface area contributed by atoms with E-state index < -0.39 is 5.97 Å². The highest BCUT2D eigenvalue weighted by molar-refractivity contribution is 5.75. The molecule has 18 heavy (non-hydrogen) atoms. The Morgan fingerprint density at radius 1 is 1.56 bits per heavy atom. The second-order valence-electron chi connectivity index (χ2n) is 4.17. The zero-order valence-corrected chi connectivity index (χ0v) is 10.5. The number of carbonyl (C=O) groups excluding carboxylic acids is 1. The van der Waals surface area contributed by atoms with Crippen molar-refractivity contribution in [3.05, 3.63) is 18.2 Å². The Morgan fingerprint density at radius 3 is 2.78 bits per heavy atom. The maximum Gasteiger partial charge on any atom is 0.317 e. The number of aromatic nitrogens is 2. The van der Waals surface area contributed by atoms with Crippen LogP contribution in [0.1, 0.15) is 26.0 Å². The summed E-state index contributed by atoms with van der Waals surface area (Å²) in [6, 6.07) is -0.327. The summed E-state index contributed by atoms with van der Waals surface area (Å²) in [6.45, 7) is 4.23. The van der Waals surface area contributed by atoms with Crippen LogP contribution in [0.25, 0.3) is 0 Å². The summed E-state index contributed by atoms with van der Waals surface area (Å²) in [4.78, 5) is 30.6. The molecule has 0 unspecified atom stereocenters. The van der Waals surface area contributed by atoms with Gasteiger partial charge in [0.15, 0.2) is 0 Å². The fourth-order valence-corrected chi connectivity index (χ4v) is 1.46. The number of nitrogens with one attached hydrogen (secondary N) is 2. The summed E-state index contributed by atoms with van der Waals surface area (Å²) < 4.78 is 0. The number of carboxylic acid groups (broad SMARTS) is 1. The van der Waals surface area contributed by atoms with E-state index in [0.717, 1.165) is 5.69 Å². The third kappa shape index (κ3) is 4.44. The number of aliphatic carboxylic acids is 1. The van der Waals surface area contributed by atoms with Gasteiger partial charge in [-0.1, -0.05) is 0 Å². The second-order valence-corrected chi connectivity index (χ2v) is 4.17. The molecule has 1 heterocycles. The minimum absolute atomic E-state index is 0.0499. The van der Waals surface area contributed by atoms with Crippen molar-refractivity contribution in [1.29, 1.82) is 0 Å². The van der Waals surface area contributed by atoms with Crippen molar-refractivity contribution < 1.29 is 14.7 Å². The molecule has 0 fully saturated rings. The summed E-state index contributed by atoms with van der Waals surface area (Å²) in [5.41, 5.74) is 0.797. The number of carboxylic acids is 1. The maximum absolute atomic E-state index is 11.9. The van der Waals surface area contributed by atoms with Gasteiger partial charge in [-0.15, -0.1) is 0 Å². The highest BCUT2D eigenvalue weighted by Crippen LogP contribution is 2.01. The van der Waals surface area contributed by atoms with Crippen molar-refractivity contribution in [2.45, 2.75) is 32.9 Å². The molecule has 0 aliphatic rings. The monoisotopic (exact) mass is 254 g/mol. The van der Waals surface area contributed by atoms with Gasteiger partial charge in [0.05, 0.1) is 25.0 Å². The molecule has 2 amide bonds. The molecule has 0 bridgehead atoms. The molecule has 0 aliphatic carbocycles. The molecular formula is C11H18N4O3. The first-order chi connectivity index (χ1) is 8.50. The van der Waals surface area contributed by atoms with Gasteiger partial charge >= 0.3 is 12.0 Å². The minimum atomic E-state index is -0.915. The third-order valence-corrected chi connectivity index (χ3v) is 2.44. The summed E-state index contributed by atoms with van der Waals surface area (Å²) in [5.74, 6) is -0.915. The van der Waals surface area contributed by atoms with Gasteiger partial charge in [-0.25, -0.2) is 9.78 Å². The van der Waals surface area contributed by atoms with E-state index in [2.05, 4.69) is 15.3 Å². The molecule has 0 saturated carbocycles. The molecule has 7 nitrogen and oxygen atoms in total. The summed E-state index contributed by atoms with van der Waals surface area (Å²) in [6.07, 6.45) is 3.10. The smallest absolute Gasteiger partial charge is 0.317 e. The van der Waals surface area contributed by atoms with Crippen LogP contribution < -0.4 is 5.32 Å². The molecule has 100 valence electrons. The standard InChI is InChI=1S/C11H18N4O3/c1-8(2)15(4-3-10(16)17)11(18)13-6-9-5-12-7-14-9/h5,7-8H,3-4,6H2,1-2H3,(H,12,14)(H,13,18)(H,16,17). The lowest BCUT2D eigenvalue weighted by molar-refractivity contribution is -0.137. The molecule has 0 radical (unpaired) electrons. The van der Waals surface area contributed by atoms with E-state index in [1.807, 2.05) is 13.8 Å². The van der Waals surface area contributed by atoms with Crippen LogP contribution in [0, 0.1) is 0 Å². The Balaban J connectivity index is 2.46. The highest BCUT2D eigenvalue weighted by Gasteiger charge is 2.17. The van der Waals surface area contributed by atoms with Crippen molar-refractivity contribution >= 4 is 12.0 Å². The van der Waals surface area contributed by atoms with Crippen LogP contribution in [-0.2, 0) is 11.3 Å². The van der Waals surface area contributed by atoms with Crippen LogP contribution >= 0.6 is 0 Å². The van der Waals surface area contributed by atoms with E-state index in [9.17, 15) is 9.59 Å². The van der Waals surface area contributed by atoms with Crippen LogP contribution in [-0.4, -0.2) is 44.6 Å². The van der Waals surface area contributed by atoms with Gasteiger partial charge < -0.3 is 20.3 Å². The average molecular weight is 254 g/mol. The lowest BCUT2D eigenvalue weighted by Gasteiger charge is -2.26. The first-order valence-electron chi connectivity index (χ1n) is 5.74. The lowest BCUT2D eigenvalue weighted by Crippen LogP contribution is -2.44. The van der Waals surface area contributed by atoms with Crippen LogP contribution in [0.3, 0.4) is 0 Å². The van der Waals surface area contributed by atoms with E-state index in [0.29, 0.717) is 6.54 Å². The fourth-order valence-electron chi connectivity index (χ4n) is 1.46. The van der Waals surface area contributed by atoms with Crippen LogP contribution in [0.2, 0.25) is 0 Å². The number of imidazole rings is 1. The number of nitrogens with zero attached hydrogens (tertiary/aromatic N) is 2. The molecule has 7 heteroatoms. The predicted molar refractivity (Wildman–Crippen MR) is 64.9 cm³/mol. The van der Waals surface area contributed by atoms with Crippen molar-refractivity contribution in [2.75, 3.05) is 6.54 Å². The van der Waals surface area contributed by atoms with Gasteiger partial charge in [0.1, 0.15) is 0 Å². The van der Waals surface area contributed by atoms with Gasteiger partial charge in [-0.05, 0) is 13.8 Å². The van der Waals surface area contributed by atoms with Gasteiger partial charge in [0.25, 0.3) is 0 Å². The molecule has 0 saturated heterocycles. The first kappa shape index (κ1) is 14.0. The van der Waals surface area contributed by atoms with Crippen molar-refractivity contribution in [1.82, 2.24) is 20.2 Å². The molecule has 1 rings (SSSR count). The van der Waals surface area contributed by atoms with Gasteiger partial charge in [0, 0.05) is 18.8 Å². The van der Waals surface area contributed by atoms with E-state index in [4.69, 9.17) is 5.11 Å². The van der Waals surface area contributed by atoms with Crippen LogP contribution in [0.15, 0.2) is 12.5 Å². The number of H-pyrrole nitrogens is 1. The van der Waals surface area contributed by atoms with Gasteiger partial charge in [0.2, 0.25) is 0 Å². The molecule has 0 aromatic carbocycles. The molecule has 0 spiro atoms. The number of aromatic amines is 1. The zero-order valence-electron chi connectivity index (χ0n) is 10.5. The molecule has 3 N–H and O–H groups in total. The number of urea groups is 1. The predicted octanol–water partition coefficient (Wildman–Crippen LogP) is 0.804. The van der Waals surface area contributed by atoms with Crippen molar-refractivity contribution in [3.63, 3.8) is 0 Å². The summed E-state index contributed by atoms with van der Waals surface area (Å²) >= 11 is 0. The number of hydrogen-bond acceptors (Lipinski definition) is 3. The summed E-state index contributed by atoms with van der Waals surface area (Å²) in [7, 11) is 0. The van der Waals surface area contributed by atoms with Crippen molar-refractivity contribution in [2.24, 2.45) is 0 Å². The normalized spacial score (nSPS) is 10.4. The number of amides is 2. The Kier molecular flexibility index (Phi) is 5.16. The Bertz CT molecular complexity index is 389. The highest BCUT2D eigenvalue weighted by atomic mass is 16.4. The Hall–Kier alpha value is -2.05. The zero-order chi connectivity index (χ0) is 13.5. The third-order valence-electron chi connectivity index (χ3n) is 2.44. The Labute approximate surface area is 105 Å². The topological polar surface area (TPSA) is 98.3 Å². The molecule has 0 atom stereocenters. The number of hydrogen-bond donors (Lipinski definition) is 3. The first-order valence-corrected chi connectivity index (χ1v) is 5.74. The fraction of sp³-hybridized carbons (Fsp3) is 0.545. The van der Waals surface area contributed by atoms with Crippen LogP contribution in [0.4, 0.5) is 4.79 Å². The molecule has 1 aromatic heterocycles. The van der Waals surface area contributed by atoms with E-state index in [-0.39, 0.29) is 25.0 Å². The summed E-state index contributed by atoms with van der Waals surface area (Å²) in [5, 5.41) is 11.3.